The first-order chi connectivity index (χ1) is 6.97. The zero-order valence-electron chi connectivity index (χ0n) is 8.19. The number of hydrogen-bond acceptors (Lipinski definition) is 4. The summed E-state index contributed by atoms with van der Waals surface area (Å²) in [6.07, 6.45) is 1.47. The second kappa shape index (κ2) is 3.99. The molecule has 0 radical (unpaired) electrons. The number of aromatic amines is 1. The number of carbonyl (C=O) groups excluding carboxylic acids is 1. The number of nitrogens with one attached hydrogen (secondary N) is 1. The SMILES string of the molecule is CCC(C(N)=O)n1cc(N)c(=O)[nH]c1=O. The summed E-state index contributed by atoms with van der Waals surface area (Å²) in [5.41, 5.74) is 8.94. The van der Waals surface area contributed by atoms with Gasteiger partial charge in [0, 0.05) is 6.20 Å². The summed E-state index contributed by atoms with van der Waals surface area (Å²) >= 11 is 0. The smallest absolute Gasteiger partial charge is 0.329 e. The number of aromatic nitrogens is 2. The summed E-state index contributed by atoms with van der Waals surface area (Å²) in [4.78, 5) is 35.3. The lowest BCUT2D eigenvalue weighted by Gasteiger charge is -2.13. The van der Waals surface area contributed by atoms with Crippen molar-refractivity contribution in [2.45, 2.75) is 19.4 Å². The highest BCUT2D eigenvalue weighted by Crippen LogP contribution is 2.07. The lowest BCUT2D eigenvalue weighted by atomic mass is 10.2. The van der Waals surface area contributed by atoms with E-state index in [1.807, 2.05) is 4.98 Å². The molecule has 7 heteroatoms. The molecule has 0 aromatic carbocycles. The second-order valence-corrected chi connectivity index (χ2v) is 3.08. The van der Waals surface area contributed by atoms with Crippen molar-refractivity contribution in [1.82, 2.24) is 9.55 Å². The molecule has 1 rings (SSSR count). The normalized spacial score (nSPS) is 12.3. The van der Waals surface area contributed by atoms with Crippen LogP contribution in [0.3, 0.4) is 0 Å². The summed E-state index contributed by atoms with van der Waals surface area (Å²) < 4.78 is 1.03. The maximum atomic E-state index is 11.3. The van der Waals surface area contributed by atoms with Gasteiger partial charge in [-0.25, -0.2) is 4.79 Å². The van der Waals surface area contributed by atoms with Crippen LogP contribution in [0.5, 0.6) is 0 Å². The van der Waals surface area contributed by atoms with Gasteiger partial charge in [0.25, 0.3) is 5.56 Å². The molecule has 1 unspecified atom stereocenters. The van der Waals surface area contributed by atoms with Crippen LogP contribution in [-0.2, 0) is 4.79 Å². The number of nitrogen functional groups attached to an aromatic ring is 1. The van der Waals surface area contributed by atoms with Gasteiger partial charge in [0.1, 0.15) is 11.7 Å². The van der Waals surface area contributed by atoms with E-state index in [9.17, 15) is 14.4 Å². The Labute approximate surface area is 84.7 Å². The van der Waals surface area contributed by atoms with Crippen LogP contribution in [-0.4, -0.2) is 15.5 Å². The fourth-order valence-electron chi connectivity index (χ4n) is 1.27. The fraction of sp³-hybridized carbons (Fsp3) is 0.375. The molecule has 0 saturated heterocycles. The topological polar surface area (TPSA) is 124 Å². The summed E-state index contributed by atoms with van der Waals surface area (Å²) in [5.74, 6) is -0.647. The van der Waals surface area contributed by atoms with E-state index in [0.717, 1.165) is 10.8 Å². The van der Waals surface area contributed by atoms with Crippen LogP contribution in [0.1, 0.15) is 19.4 Å². The molecule has 15 heavy (non-hydrogen) atoms. The first-order valence-electron chi connectivity index (χ1n) is 4.37. The minimum Gasteiger partial charge on any atom is -0.393 e. The van der Waals surface area contributed by atoms with E-state index < -0.39 is 23.2 Å². The summed E-state index contributed by atoms with van der Waals surface area (Å²) in [6, 6.07) is -0.795. The lowest BCUT2D eigenvalue weighted by Crippen LogP contribution is -2.38. The van der Waals surface area contributed by atoms with Crippen molar-refractivity contribution in [2.24, 2.45) is 5.73 Å². The zero-order valence-corrected chi connectivity index (χ0v) is 8.19. The quantitative estimate of drug-likeness (QED) is 0.567. The Balaban J connectivity index is 3.37. The number of amides is 1. The van der Waals surface area contributed by atoms with Crippen molar-refractivity contribution < 1.29 is 4.79 Å². The number of carbonyl (C=O) groups is 1. The van der Waals surface area contributed by atoms with Crippen molar-refractivity contribution in [3.05, 3.63) is 27.0 Å². The molecule has 1 aromatic rings. The molecule has 0 aliphatic carbocycles. The van der Waals surface area contributed by atoms with Crippen molar-refractivity contribution in [1.29, 1.82) is 0 Å². The third kappa shape index (κ3) is 2.06. The Kier molecular flexibility index (Phi) is 2.93. The number of primary amides is 1. The molecular formula is C8H12N4O3. The van der Waals surface area contributed by atoms with Gasteiger partial charge >= 0.3 is 5.69 Å². The van der Waals surface area contributed by atoms with Crippen molar-refractivity contribution in [3.8, 4) is 0 Å². The van der Waals surface area contributed by atoms with E-state index in [1.54, 1.807) is 6.92 Å². The number of anilines is 1. The van der Waals surface area contributed by atoms with E-state index in [1.165, 1.54) is 0 Å². The third-order valence-electron chi connectivity index (χ3n) is 2.05. The predicted molar refractivity (Wildman–Crippen MR) is 54.3 cm³/mol. The molecular weight excluding hydrogens is 200 g/mol. The third-order valence-corrected chi connectivity index (χ3v) is 2.05. The predicted octanol–water partition coefficient (Wildman–Crippen LogP) is -1.44. The largest absolute Gasteiger partial charge is 0.393 e. The van der Waals surface area contributed by atoms with Crippen molar-refractivity contribution in [3.63, 3.8) is 0 Å². The minimum atomic E-state index is -0.795. The number of nitrogens with two attached hydrogens (primary N) is 2. The van der Waals surface area contributed by atoms with Crippen LogP contribution < -0.4 is 22.7 Å². The van der Waals surface area contributed by atoms with Crippen LogP contribution >= 0.6 is 0 Å². The first-order valence-corrected chi connectivity index (χ1v) is 4.37. The van der Waals surface area contributed by atoms with Gasteiger partial charge in [-0.1, -0.05) is 6.92 Å². The Morgan fingerprint density at radius 3 is 2.67 bits per heavy atom. The molecule has 5 N–H and O–H groups in total. The first kappa shape index (κ1) is 11.0. The fourth-order valence-corrected chi connectivity index (χ4v) is 1.27. The highest BCUT2D eigenvalue weighted by molar-refractivity contribution is 5.78. The Morgan fingerprint density at radius 1 is 1.60 bits per heavy atom. The highest BCUT2D eigenvalue weighted by Gasteiger charge is 2.17. The van der Waals surface area contributed by atoms with Gasteiger partial charge in [-0.15, -0.1) is 0 Å². The maximum Gasteiger partial charge on any atom is 0.329 e. The Bertz CT molecular complexity index is 487. The molecule has 0 saturated carbocycles. The molecule has 0 aliphatic heterocycles. The Hall–Kier alpha value is -2.05. The number of nitrogens with zero attached hydrogens (tertiary/aromatic N) is 1. The number of rotatable bonds is 3. The van der Waals surface area contributed by atoms with E-state index in [2.05, 4.69) is 0 Å². The molecule has 0 bridgehead atoms. The molecule has 0 fully saturated rings. The van der Waals surface area contributed by atoms with Gasteiger partial charge in [-0.05, 0) is 6.42 Å². The summed E-state index contributed by atoms with van der Waals surface area (Å²) in [7, 11) is 0. The monoisotopic (exact) mass is 212 g/mol. The number of H-pyrrole nitrogens is 1. The molecule has 82 valence electrons. The molecule has 1 heterocycles. The van der Waals surface area contributed by atoms with Crippen LogP contribution in [0.2, 0.25) is 0 Å². The van der Waals surface area contributed by atoms with E-state index in [-0.39, 0.29) is 5.69 Å². The van der Waals surface area contributed by atoms with Crippen molar-refractivity contribution >= 4 is 11.6 Å². The van der Waals surface area contributed by atoms with Gasteiger partial charge in [0.2, 0.25) is 5.91 Å². The van der Waals surface area contributed by atoms with Gasteiger partial charge in [-0.3, -0.25) is 19.1 Å². The summed E-state index contributed by atoms with van der Waals surface area (Å²) in [6.45, 7) is 1.70. The Morgan fingerprint density at radius 2 is 2.20 bits per heavy atom. The van der Waals surface area contributed by atoms with E-state index in [0.29, 0.717) is 6.42 Å². The van der Waals surface area contributed by atoms with Crippen molar-refractivity contribution in [2.75, 3.05) is 5.73 Å². The second-order valence-electron chi connectivity index (χ2n) is 3.08. The minimum absolute atomic E-state index is 0.130. The molecule has 0 spiro atoms. The molecule has 1 amide bonds. The maximum absolute atomic E-state index is 11.3. The van der Waals surface area contributed by atoms with Gasteiger partial charge < -0.3 is 11.5 Å². The standard InChI is InChI=1S/C8H12N4O3/c1-2-5(6(10)13)12-3-4(9)7(14)11-8(12)15/h3,5H,2,9H2,1H3,(H2,10,13)(H,11,14,15). The highest BCUT2D eigenvalue weighted by atomic mass is 16.2. The van der Waals surface area contributed by atoms with Crippen LogP contribution in [0, 0.1) is 0 Å². The zero-order chi connectivity index (χ0) is 11.6. The average Bonchev–Trinajstić information content (AvgIpc) is 2.14. The lowest BCUT2D eigenvalue weighted by molar-refractivity contribution is -0.121. The molecule has 1 aromatic heterocycles. The number of hydrogen-bond donors (Lipinski definition) is 3. The molecule has 0 aliphatic rings. The molecule has 7 nitrogen and oxygen atoms in total. The van der Waals surface area contributed by atoms with E-state index in [4.69, 9.17) is 11.5 Å². The van der Waals surface area contributed by atoms with Gasteiger partial charge in [0.05, 0.1) is 0 Å². The van der Waals surface area contributed by atoms with Gasteiger partial charge in [-0.2, -0.15) is 0 Å². The van der Waals surface area contributed by atoms with E-state index >= 15 is 0 Å². The van der Waals surface area contributed by atoms with Crippen LogP contribution in [0.25, 0.3) is 0 Å². The van der Waals surface area contributed by atoms with Crippen LogP contribution in [0.15, 0.2) is 15.8 Å². The average molecular weight is 212 g/mol. The van der Waals surface area contributed by atoms with Gasteiger partial charge in [0.15, 0.2) is 0 Å². The summed E-state index contributed by atoms with van der Waals surface area (Å²) in [5, 5.41) is 0. The molecule has 1 atom stereocenters. The van der Waals surface area contributed by atoms with Crippen LogP contribution in [0.4, 0.5) is 5.69 Å².